The largest absolute Gasteiger partial charge is 0.480 e. The van der Waals surface area contributed by atoms with Crippen LogP contribution in [0.5, 0.6) is 0 Å². The van der Waals surface area contributed by atoms with Crippen LogP contribution in [0.1, 0.15) is 26.4 Å². The summed E-state index contributed by atoms with van der Waals surface area (Å²) in [6, 6.07) is 15.2. The van der Waals surface area contributed by atoms with Crippen molar-refractivity contribution in [2.24, 2.45) is 0 Å². The molecule has 3 rings (SSSR count). The summed E-state index contributed by atoms with van der Waals surface area (Å²) in [6.07, 6.45) is 0.203. The molecular weight excluding hydrogens is 420 g/mol. The zero-order valence-electron chi connectivity index (χ0n) is 16.1. The standard InChI is InChI=1S/C21H18N4O5S/c26-17(10-13-4-2-1-3-5-13)25-21-24-16(12-31-21)20(30)23-15-8-6-14(7-9-15)19(29)22-11-18(27)28/h1-9,12H,10-11H2,(H,22,29)(H,23,30)(H,27,28)(H,24,25,26). The average molecular weight is 438 g/mol. The predicted molar refractivity (Wildman–Crippen MR) is 115 cm³/mol. The molecular formula is C21H18N4O5S. The Morgan fingerprint density at radius 1 is 0.903 bits per heavy atom. The Morgan fingerprint density at radius 2 is 1.61 bits per heavy atom. The lowest BCUT2D eigenvalue weighted by molar-refractivity contribution is -0.135. The van der Waals surface area contributed by atoms with Gasteiger partial charge in [-0.2, -0.15) is 0 Å². The monoisotopic (exact) mass is 438 g/mol. The molecule has 1 heterocycles. The van der Waals surface area contributed by atoms with Gasteiger partial charge in [-0.15, -0.1) is 11.3 Å². The van der Waals surface area contributed by atoms with Gasteiger partial charge in [0.25, 0.3) is 11.8 Å². The minimum absolute atomic E-state index is 0.142. The summed E-state index contributed by atoms with van der Waals surface area (Å²) < 4.78 is 0. The Morgan fingerprint density at radius 3 is 2.29 bits per heavy atom. The van der Waals surface area contributed by atoms with E-state index in [0.29, 0.717) is 10.8 Å². The molecule has 10 heteroatoms. The first-order chi connectivity index (χ1) is 14.9. The van der Waals surface area contributed by atoms with Gasteiger partial charge in [0.2, 0.25) is 5.91 Å². The van der Waals surface area contributed by atoms with E-state index in [1.54, 1.807) is 0 Å². The number of carbonyl (C=O) groups is 4. The van der Waals surface area contributed by atoms with Crippen molar-refractivity contribution in [1.29, 1.82) is 0 Å². The number of carboxylic acid groups (broad SMARTS) is 1. The zero-order chi connectivity index (χ0) is 22.2. The first kappa shape index (κ1) is 21.7. The summed E-state index contributed by atoms with van der Waals surface area (Å²) in [7, 11) is 0. The van der Waals surface area contributed by atoms with Crippen LogP contribution in [-0.2, 0) is 16.0 Å². The van der Waals surface area contributed by atoms with E-state index < -0.39 is 24.3 Å². The maximum atomic E-state index is 12.4. The third-order valence-electron chi connectivity index (χ3n) is 4.00. The maximum absolute atomic E-state index is 12.4. The fraction of sp³-hybridized carbons (Fsp3) is 0.0952. The van der Waals surface area contributed by atoms with Crippen molar-refractivity contribution in [3.05, 3.63) is 76.8 Å². The molecule has 2 aromatic carbocycles. The van der Waals surface area contributed by atoms with E-state index in [9.17, 15) is 19.2 Å². The van der Waals surface area contributed by atoms with Gasteiger partial charge < -0.3 is 21.1 Å². The third-order valence-corrected chi connectivity index (χ3v) is 4.75. The van der Waals surface area contributed by atoms with E-state index in [4.69, 9.17) is 5.11 Å². The van der Waals surface area contributed by atoms with Crippen LogP contribution in [0.15, 0.2) is 60.0 Å². The van der Waals surface area contributed by atoms with Crippen LogP contribution in [0.2, 0.25) is 0 Å². The second-order valence-electron chi connectivity index (χ2n) is 6.36. The number of aliphatic carboxylic acids is 1. The lowest BCUT2D eigenvalue weighted by Crippen LogP contribution is -2.29. The number of anilines is 2. The highest BCUT2D eigenvalue weighted by Gasteiger charge is 2.14. The second-order valence-corrected chi connectivity index (χ2v) is 7.21. The van der Waals surface area contributed by atoms with E-state index in [2.05, 4.69) is 20.9 Å². The van der Waals surface area contributed by atoms with Crippen molar-refractivity contribution in [3.63, 3.8) is 0 Å². The number of benzene rings is 2. The highest BCUT2D eigenvalue weighted by molar-refractivity contribution is 7.14. The molecule has 0 spiro atoms. The van der Waals surface area contributed by atoms with Crippen molar-refractivity contribution in [2.75, 3.05) is 17.2 Å². The van der Waals surface area contributed by atoms with Crippen LogP contribution in [0.3, 0.4) is 0 Å². The molecule has 9 nitrogen and oxygen atoms in total. The van der Waals surface area contributed by atoms with Crippen LogP contribution in [0, 0.1) is 0 Å². The number of nitrogens with zero attached hydrogens (tertiary/aromatic N) is 1. The lowest BCUT2D eigenvalue weighted by atomic mass is 10.1. The van der Waals surface area contributed by atoms with Crippen LogP contribution in [-0.4, -0.2) is 40.3 Å². The zero-order valence-corrected chi connectivity index (χ0v) is 16.9. The molecule has 158 valence electrons. The fourth-order valence-electron chi connectivity index (χ4n) is 2.54. The van der Waals surface area contributed by atoms with Gasteiger partial charge in [-0.3, -0.25) is 19.2 Å². The first-order valence-corrected chi connectivity index (χ1v) is 9.99. The molecule has 1 aromatic heterocycles. The maximum Gasteiger partial charge on any atom is 0.322 e. The molecule has 0 radical (unpaired) electrons. The number of hydrogen-bond acceptors (Lipinski definition) is 6. The Labute approximate surface area is 181 Å². The number of aromatic nitrogens is 1. The first-order valence-electron chi connectivity index (χ1n) is 9.11. The number of nitrogens with one attached hydrogen (secondary N) is 3. The molecule has 0 saturated heterocycles. The Hall–Kier alpha value is -4.05. The van der Waals surface area contributed by atoms with E-state index in [0.717, 1.165) is 16.9 Å². The van der Waals surface area contributed by atoms with E-state index in [1.807, 2.05) is 30.3 Å². The molecule has 0 aliphatic heterocycles. The lowest BCUT2D eigenvalue weighted by Gasteiger charge is -2.06. The molecule has 0 fully saturated rings. The minimum atomic E-state index is -1.14. The smallest absolute Gasteiger partial charge is 0.322 e. The highest BCUT2D eigenvalue weighted by Crippen LogP contribution is 2.18. The molecule has 31 heavy (non-hydrogen) atoms. The number of thiazole rings is 1. The summed E-state index contributed by atoms with van der Waals surface area (Å²) in [5, 5.41) is 18.0. The van der Waals surface area contributed by atoms with Crippen molar-refractivity contribution in [2.45, 2.75) is 6.42 Å². The summed E-state index contributed by atoms with van der Waals surface area (Å²) in [5.74, 6) is -2.38. The summed E-state index contributed by atoms with van der Waals surface area (Å²) in [6.45, 7) is -0.481. The minimum Gasteiger partial charge on any atom is -0.480 e. The van der Waals surface area contributed by atoms with Crippen molar-refractivity contribution in [3.8, 4) is 0 Å². The van der Waals surface area contributed by atoms with Gasteiger partial charge in [0, 0.05) is 16.6 Å². The molecule has 0 aliphatic carbocycles. The topological polar surface area (TPSA) is 137 Å². The van der Waals surface area contributed by atoms with Gasteiger partial charge in [0.1, 0.15) is 12.2 Å². The second kappa shape index (κ2) is 10.1. The number of carbonyl (C=O) groups excluding carboxylic acids is 3. The van der Waals surface area contributed by atoms with Crippen LogP contribution < -0.4 is 16.0 Å². The van der Waals surface area contributed by atoms with Gasteiger partial charge in [-0.25, -0.2) is 4.98 Å². The molecule has 0 atom stereocenters. The Balaban J connectivity index is 1.54. The molecule has 0 saturated carbocycles. The average Bonchev–Trinajstić information content (AvgIpc) is 3.21. The Kier molecular flexibility index (Phi) is 7.07. The highest BCUT2D eigenvalue weighted by atomic mass is 32.1. The van der Waals surface area contributed by atoms with Crippen LogP contribution in [0.4, 0.5) is 10.8 Å². The van der Waals surface area contributed by atoms with E-state index in [-0.39, 0.29) is 23.6 Å². The number of rotatable bonds is 8. The van der Waals surface area contributed by atoms with Crippen LogP contribution in [0.25, 0.3) is 0 Å². The normalized spacial score (nSPS) is 10.2. The van der Waals surface area contributed by atoms with E-state index in [1.165, 1.54) is 29.6 Å². The summed E-state index contributed by atoms with van der Waals surface area (Å²) >= 11 is 1.14. The van der Waals surface area contributed by atoms with Gasteiger partial charge in [-0.1, -0.05) is 30.3 Å². The van der Waals surface area contributed by atoms with Gasteiger partial charge in [0.05, 0.1) is 6.42 Å². The van der Waals surface area contributed by atoms with Crippen LogP contribution >= 0.6 is 11.3 Å². The number of hydrogen-bond donors (Lipinski definition) is 4. The molecule has 0 bridgehead atoms. The van der Waals surface area contributed by atoms with Crippen molar-refractivity contribution >= 4 is 45.8 Å². The fourth-order valence-corrected chi connectivity index (χ4v) is 3.24. The molecule has 4 N–H and O–H groups in total. The summed E-state index contributed by atoms with van der Waals surface area (Å²) in [4.78, 5) is 50.9. The van der Waals surface area contributed by atoms with Crippen molar-refractivity contribution < 1.29 is 24.3 Å². The van der Waals surface area contributed by atoms with Gasteiger partial charge >= 0.3 is 5.97 Å². The van der Waals surface area contributed by atoms with Gasteiger partial charge in [-0.05, 0) is 29.8 Å². The molecule has 3 amide bonds. The van der Waals surface area contributed by atoms with Gasteiger partial charge in [0.15, 0.2) is 5.13 Å². The Bertz CT molecular complexity index is 1100. The van der Waals surface area contributed by atoms with E-state index >= 15 is 0 Å². The SMILES string of the molecule is O=C(O)CNC(=O)c1ccc(NC(=O)c2csc(NC(=O)Cc3ccccc3)n2)cc1. The quantitative estimate of drug-likeness (QED) is 0.426. The molecule has 0 unspecified atom stereocenters. The third kappa shape index (κ3) is 6.47. The summed E-state index contributed by atoms with van der Waals surface area (Å²) in [5.41, 5.74) is 1.71. The molecule has 0 aliphatic rings. The molecule has 3 aromatic rings. The van der Waals surface area contributed by atoms with Crippen molar-refractivity contribution in [1.82, 2.24) is 10.3 Å². The number of carboxylic acids is 1. The predicted octanol–water partition coefficient (Wildman–Crippen LogP) is 2.39. The number of amides is 3.